The number of benzene rings is 1. The summed E-state index contributed by atoms with van der Waals surface area (Å²) in [6.07, 6.45) is -5.41. The van der Waals surface area contributed by atoms with Crippen molar-refractivity contribution < 1.29 is 30.2 Å². The lowest BCUT2D eigenvalue weighted by Crippen LogP contribution is -2.46. The number of piperazine rings is 1. The molecule has 13 heteroatoms. The van der Waals surface area contributed by atoms with E-state index in [1.807, 2.05) is 13.8 Å². The third kappa shape index (κ3) is 5.47. The molecule has 3 aromatic rings. The van der Waals surface area contributed by atoms with E-state index in [2.05, 4.69) is 28.9 Å². The van der Waals surface area contributed by atoms with Crippen LogP contribution < -0.4 is 4.90 Å². The highest BCUT2D eigenvalue weighted by Crippen LogP contribution is 2.38. The van der Waals surface area contributed by atoms with Gasteiger partial charge in [0.05, 0.1) is 12.8 Å². The predicted molar refractivity (Wildman–Crippen MR) is 118 cm³/mol. The van der Waals surface area contributed by atoms with Gasteiger partial charge in [0.25, 0.3) is 10.1 Å². The molecule has 3 heterocycles. The number of halogens is 3. The number of aryl methyl sites for hydroxylation is 1. The number of anilines is 1. The monoisotopic (exact) mass is 499 g/mol. The van der Waals surface area contributed by atoms with Crippen LogP contribution in [0.5, 0.6) is 0 Å². The van der Waals surface area contributed by atoms with E-state index in [-0.39, 0.29) is 11.1 Å². The van der Waals surface area contributed by atoms with Crippen LogP contribution in [0, 0.1) is 13.8 Å². The number of hydrogen-bond donors (Lipinski definition) is 0. The van der Waals surface area contributed by atoms with Gasteiger partial charge in [0.15, 0.2) is 11.7 Å². The maximum Gasteiger partial charge on any atom is 0.420 e. The van der Waals surface area contributed by atoms with Gasteiger partial charge in [0, 0.05) is 37.4 Å². The minimum atomic E-state index is -4.92. The number of aromatic nitrogens is 3. The first-order valence-electron chi connectivity index (χ1n) is 10.5. The van der Waals surface area contributed by atoms with Crippen LogP contribution in [0.15, 0.2) is 28.9 Å². The molecule has 1 atom stereocenters. The summed E-state index contributed by atoms with van der Waals surface area (Å²) in [7, 11) is -4.34. The number of fused-ring (bicyclic) bond motifs is 1. The molecule has 1 aromatic carbocycles. The van der Waals surface area contributed by atoms with Crippen molar-refractivity contribution in [3.63, 3.8) is 0 Å². The highest BCUT2D eigenvalue weighted by Gasteiger charge is 2.44. The highest BCUT2D eigenvalue weighted by atomic mass is 32.2. The Morgan fingerprint density at radius 3 is 2.50 bits per heavy atom. The summed E-state index contributed by atoms with van der Waals surface area (Å²) >= 11 is 0. The molecule has 0 aliphatic carbocycles. The number of oxazole rings is 1. The second kappa shape index (κ2) is 9.12. The Hall–Kier alpha value is -2.77. The molecule has 0 saturated carbocycles. The van der Waals surface area contributed by atoms with Gasteiger partial charge >= 0.3 is 6.18 Å². The molecular formula is C21H24F3N5O4S. The molecule has 4 rings (SSSR count). The molecule has 1 saturated heterocycles. The third-order valence-electron chi connectivity index (χ3n) is 5.67. The van der Waals surface area contributed by atoms with Crippen molar-refractivity contribution in [3.05, 3.63) is 47.2 Å². The van der Waals surface area contributed by atoms with Crippen LogP contribution in [-0.2, 0) is 20.8 Å². The van der Waals surface area contributed by atoms with Crippen LogP contribution in [0.3, 0.4) is 0 Å². The Morgan fingerprint density at radius 2 is 1.85 bits per heavy atom. The van der Waals surface area contributed by atoms with Crippen LogP contribution in [-0.4, -0.2) is 66.9 Å². The largest absolute Gasteiger partial charge is 0.439 e. The Kier molecular flexibility index (Phi) is 6.53. The smallest absolute Gasteiger partial charge is 0.420 e. The predicted octanol–water partition coefficient (Wildman–Crippen LogP) is 3.14. The molecule has 0 amide bonds. The molecule has 2 aromatic heterocycles. The summed E-state index contributed by atoms with van der Waals surface area (Å²) in [6.45, 7) is 7.28. The van der Waals surface area contributed by atoms with Crippen molar-refractivity contribution in [2.45, 2.75) is 32.7 Å². The summed E-state index contributed by atoms with van der Waals surface area (Å²) in [5, 5.41) is 0. The molecule has 0 N–H and O–H groups in total. The van der Waals surface area contributed by atoms with Gasteiger partial charge < -0.3 is 9.32 Å². The molecule has 1 unspecified atom stereocenters. The van der Waals surface area contributed by atoms with E-state index in [1.54, 1.807) is 6.33 Å². The van der Waals surface area contributed by atoms with Gasteiger partial charge in [-0.25, -0.2) is 15.0 Å². The van der Waals surface area contributed by atoms with Crippen molar-refractivity contribution in [2.75, 3.05) is 37.3 Å². The fourth-order valence-electron chi connectivity index (χ4n) is 3.85. The molecule has 0 radical (unpaired) electrons. The zero-order chi connectivity index (χ0) is 24.7. The van der Waals surface area contributed by atoms with Crippen molar-refractivity contribution >= 4 is 27.0 Å². The molecule has 184 valence electrons. The zero-order valence-electron chi connectivity index (χ0n) is 18.8. The van der Waals surface area contributed by atoms with E-state index in [1.165, 1.54) is 6.07 Å². The first-order valence-corrected chi connectivity index (χ1v) is 12.3. The first kappa shape index (κ1) is 24.4. The average molecular weight is 500 g/mol. The van der Waals surface area contributed by atoms with Crippen LogP contribution in [0.25, 0.3) is 11.1 Å². The highest BCUT2D eigenvalue weighted by molar-refractivity contribution is 7.86. The summed E-state index contributed by atoms with van der Waals surface area (Å²) in [4.78, 5) is 17.3. The van der Waals surface area contributed by atoms with E-state index in [0.717, 1.165) is 55.4 Å². The minimum Gasteiger partial charge on any atom is -0.439 e. The van der Waals surface area contributed by atoms with Crippen LogP contribution >= 0.6 is 0 Å². The standard InChI is InChI=1S/C21H24F3N5O4S/c1-13-14(2)25-12-26-20(13)29-8-6-28(7-9-29)11-18-27-16-5-4-15(10-17(16)32-18)19(21(22,23)24)33-34(3,30)31/h4-5,10,12,19H,6-9,11H2,1-3H3. The van der Waals surface area contributed by atoms with E-state index in [9.17, 15) is 21.6 Å². The van der Waals surface area contributed by atoms with Gasteiger partial charge in [-0.2, -0.15) is 21.6 Å². The lowest BCUT2D eigenvalue weighted by atomic mass is 10.1. The van der Waals surface area contributed by atoms with Crippen LogP contribution in [0.4, 0.5) is 19.0 Å². The lowest BCUT2D eigenvalue weighted by Gasteiger charge is -2.35. The third-order valence-corrected chi connectivity index (χ3v) is 6.21. The number of alkyl halides is 3. The maximum absolute atomic E-state index is 13.4. The summed E-state index contributed by atoms with van der Waals surface area (Å²) in [6, 6.07) is 3.62. The van der Waals surface area contributed by atoms with Crippen molar-refractivity contribution in [1.29, 1.82) is 0 Å². The fourth-order valence-corrected chi connectivity index (χ4v) is 4.42. The Balaban J connectivity index is 1.46. The van der Waals surface area contributed by atoms with Crippen molar-refractivity contribution in [1.82, 2.24) is 19.9 Å². The lowest BCUT2D eigenvalue weighted by molar-refractivity contribution is -0.196. The molecule has 1 fully saturated rings. The van der Waals surface area contributed by atoms with Crippen LogP contribution in [0.2, 0.25) is 0 Å². The average Bonchev–Trinajstić information content (AvgIpc) is 3.15. The summed E-state index contributed by atoms with van der Waals surface area (Å²) in [5.74, 6) is 1.28. The van der Waals surface area contributed by atoms with Crippen molar-refractivity contribution in [2.24, 2.45) is 0 Å². The molecule has 1 aliphatic rings. The Bertz CT molecular complexity index is 1290. The fraction of sp³-hybridized carbons (Fsp3) is 0.476. The Labute approximate surface area is 194 Å². The van der Waals surface area contributed by atoms with Gasteiger partial charge in [-0.15, -0.1) is 0 Å². The van der Waals surface area contributed by atoms with E-state index in [4.69, 9.17) is 4.42 Å². The molecular weight excluding hydrogens is 475 g/mol. The van der Waals surface area contributed by atoms with Gasteiger partial charge in [-0.1, -0.05) is 6.07 Å². The van der Waals surface area contributed by atoms with Gasteiger partial charge in [-0.05, 0) is 31.5 Å². The number of rotatable bonds is 6. The SMILES string of the molecule is Cc1ncnc(N2CCN(Cc3nc4ccc(C(OS(C)(=O)=O)C(F)(F)F)cc4o3)CC2)c1C. The molecule has 34 heavy (non-hydrogen) atoms. The summed E-state index contributed by atoms with van der Waals surface area (Å²) < 4.78 is 72.8. The quantitative estimate of drug-likeness (QED) is 0.474. The topological polar surface area (TPSA) is 102 Å². The molecule has 0 spiro atoms. The van der Waals surface area contributed by atoms with E-state index >= 15 is 0 Å². The Morgan fingerprint density at radius 1 is 1.15 bits per heavy atom. The normalized spacial score (nSPS) is 16.8. The minimum absolute atomic E-state index is 0.129. The number of hydrogen-bond acceptors (Lipinski definition) is 9. The number of nitrogens with zero attached hydrogens (tertiary/aromatic N) is 5. The van der Waals surface area contributed by atoms with Gasteiger partial charge in [0.1, 0.15) is 17.7 Å². The van der Waals surface area contributed by atoms with Gasteiger partial charge in [0.2, 0.25) is 5.89 Å². The maximum atomic E-state index is 13.4. The van der Waals surface area contributed by atoms with E-state index < -0.39 is 22.4 Å². The second-order valence-corrected chi connectivity index (χ2v) is 9.83. The zero-order valence-corrected chi connectivity index (χ0v) is 19.6. The van der Waals surface area contributed by atoms with Gasteiger partial charge in [-0.3, -0.25) is 9.08 Å². The molecule has 9 nitrogen and oxygen atoms in total. The molecule has 0 bridgehead atoms. The first-order chi connectivity index (χ1) is 15.9. The molecule has 1 aliphatic heterocycles. The van der Waals surface area contributed by atoms with E-state index in [0.29, 0.717) is 24.2 Å². The second-order valence-electron chi connectivity index (χ2n) is 8.23. The van der Waals surface area contributed by atoms with Crippen LogP contribution in [0.1, 0.15) is 28.8 Å². The van der Waals surface area contributed by atoms with Crippen molar-refractivity contribution in [3.8, 4) is 0 Å². The summed E-state index contributed by atoms with van der Waals surface area (Å²) in [5.41, 5.74) is 2.11.